The van der Waals surface area contributed by atoms with Gasteiger partial charge in [0.15, 0.2) is 11.6 Å². The van der Waals surface area contributed by atoms with Gasteiger partial charge in [-0.3, -0.25) is 10.1 Å². The second-order valence-corrected chi connectivity index (χ2v) is 4.38. The minimum absolute atomic E-state index is 0.146. The number of hydrogen-bond donors (Lipinski definition) is 0. The van der Waals surface area contributed by atoms with Gasteiger partial charge in [-0.1, -0.05) is 6.07 Å². The topological polar surface area (TPSA) is 52.4 Å². The molecule has 0 radical (unpaired) electrons. The lowest BCUT2D eigenvalue weighted by Gasteiger charge is -2.07. The maximum Gasteiger partial charge on any atom is 0.283 e. The number of nitro groups is 1. The third kappa shape index (κ3) is 2.87. The molecule has 0 fully saturated rings. The molecule has 0 saturated carbocycles. The lowest BCUT2D eigenvalue weighted by Crippen LogP contribution is -1.93. The van der Waals surface area contributed by atoms with E-state index < -0.39 is 16.6 Å². The van der Waals surface area contributed by atoms with Crippen LogP contribution in [0.1, 0.15) is 0 Å². The average Bonchev–Trinajstić information content (AvgIpc) is 2.34. The molecule has 19 heavy (non-hydrogen) atoms. The summed E-state index contributed by atoms with van der Waals surface area (Å²) < 4.78 is 31.7. The van der Waals surface area contributed by atoms with Gasteiger partial charge in [-0.2, -0.15) is 4.39 Å². The first-order chi connectivity index (χ1) is 8.99. The molecule has 2 aromatic carbocycles. The van der Waals surface area contributed by atoms with Gasteiger partial charge < -0.3 is 4.74 Å². The van der Waals surface area contributed by atoms with Gasteiger partial charge in [-0.25, -0.2) is 4.39 Å². The van der Waals surface area contributed by atoms with Gasteiger partial charge in [0.1, 0.15) is 5.75 Å². The van der Waals surface area contributed by atoms with Crippen LogP contribution < -0.4 is 4.74 Å². The van der Waals surface area contributed by atoms with Crippen LogP contribution in [0.3, 0.4) is 0 Å². The summed E-state index contributed by atoms with van der Waals surface area (Å²) in [7, 11) is 0. The van der Waals surface area contributed by atoms with E-state index in [0.29, 0.717) is 0 Å². The Morgan fingerprint density at radius 3 is 2.58 bits per heavy atom. The van der Waals surface area contributed by atoms with E-state index in [1.807, 2.05) is 0 Å². The molecule has 0 saturated heterocycles. The molecule has 2 rings (SSSR count). The van der Waals surface area contributed by atoms with Crippen LogP contribution in [0.5, 0.6) is 11.5 Å². The van der Waals surface area contributed by atoms with E-state index in [9.17, 15) is 18.9 Å². The number of nitro benzene ring substituents is 1. The highest BCUT2D eigenvalue weighted by molar-refractivity contribution is 9.10. The van der Waals surface area contributed by atoms with E-state index in [0.717, 1.165) is 6.07 Å². The predicted molar refractivity (Wildman–Crippen MR) is 67.2 cm³/mol. The molecule has 0 unspecified atom stereocenters. The van der Waals surface area contributed by atoms with Crippen molar-refractivity contribution < 1.29 is 18.4 Å². The van der Waals surface area contributed by atoms with Crippen LogP contribution in [0.4, 0.5) is 14.5 Å². The maximum absolute atomic E-state index is 13.4. The quantitative estimate of drug-likeness (QED) is 0.618. The van der Waals surface area contributed by atoms with Gasteiger partial charge >= 0.3 is 0 Å². The molecule has 0 aliphatic carbocycles. The summed E-state index contributed by atoms with van der Waals surface area (Å²) >= 11 is 3.00. The van der Waals surface area contributed by atoms with Crippen molar-refractivity contribution in [3.8, 4) is 11.5 Å². The Morgan fingerprint density at radius 1 is 1.21 bits per heavy atom. The standard InChI is InChI=1S/C12H6BrF2NO3/c13-8-6-7(4-5-10(8)16(17)18)19-11-3-1-2-9(14)12(11)15/h1-6H. The van der Waals surface area contributed by atoms with E-state index in [4.69, 9.17) is 4.74 Å². The van der Waals surface area contributed by atoms with Gasteiger partial charge in [0.05, 0.1) is 9.40 Å². The number of rotatable bonds is 3. The summed E-state index contributed by atoms with van der Waals surface area (Å²) in [6.07, 6.45) is 0. The Labute approximate surface area is 114 Å². The van der Waals surface area contributed by atoms with E-state index in [1.54, 1.807) is 0 Å². The molecular weight excluding hydrogens is 324 g/mol. The maximum atomic E-state index is 13.4. The molecule has 0 heterocycles. The summed E-state index contributed by atoms with van der Waals surface area (Å²) in [5, 5.41) is 10.6. The molecule has 0 spiro atoms. The fraction of sp³-hybridized carbons (Fsp3) is 0. The van der Waals surface area contributed by atoms with Crippen molar-refractivity contribution in [2.45, 2.75) is 0 Å². The summed E-state index contributed by atoms with van der Waals surface area (Å²) in [6, 6.07) is 7.34. The first-order valence-electron chi connectivity index (χ1n) is 5.05. The molecule has 0 aromatic heterocycles. The Kier molecular flexibility index (Phi) is 3.75. The number of ether oxygens (including phenoxy) is 1. The third-order valence-corrected chi connectivity index (χ3v) is 2.89. The van der Waals surface area contributed by atoms with Crippen LogP contribution in [0.25, 0.3) is 0 Å². The van der Waals surface area contributed by atoms with E-state index in [1.165, 1.54) is 30.3 Å². The molecule has 0 bridgehead atoms. The van der Waals surface area contributed by atoms with Gasteiger partial charge in [0.2, 0.25) is 5.82 Å². The zero-order valence-corrected chi connectivity index (χ0v) is 10.9. The second kappa shape index (κ2) is 5.31. The highest BCUT2D eigenvalue weighted by Gasteiger charge is 2.14. The Morgan fingerprint density at radius 2 is 1.95 bits per heavy atom. The zero-order valence-electron chi connectivity index (χ0n) is 9.27. The van der Waals surface area contributed by atoms with Gasteiger partial charge in [-0.15, -0.1) is 0 Å². The number of nitrogens with zero attached hydrogens (tertiary/aromatic N) is 1. The molecule has 0 atom stereocenters. The minimum Gasteiger partial charge on any atom is -0.454 e. The Balaban J connectivity index is 2.32. The fourth-order valence-corrected chi connectivity index (χ4v) is 1.89. The van der Waals surface area contributed by atoms with Crippen molar-refractivity contribution in [1.29, 1.82) is 0 Å². The van der Waals surface area contributed by atoms with Crippen molar-refractivity contribution in [2.75, 3.05) is 0 Å². The first-order valence-corrected chi connectivity index (χ1v) is 5.84. The monoisotopic (exact) mass is 329 g/mol. The highest BCUT2D eigenvalue weighted by Crippen LogP contribution is 2.32. The van der Waals surface area contributed by atoms with Crippen molar-refractivity contribution in [3.05, 3.63) is 62.6 Å². The van der Waals surface area contributed by atoms with Crippen molar-refractivity contribution in [3.63, 3.8) is 0 Å². The zero-order chi connectivity index (χ0) is 14.0. The van der Waals surface area contributed by atoms with Gasteiger partial charge in [-0.05, 0) is 34.1 Å². The molecule has 2 aromatic rings. The van der Waals surface area contributed by atoms with Crippen LogP contribution in [-0.4, -0.2) is 4.92 Å². The minimum atomic E-state index is -1.11. The average molecular weight is 330 g/mol. The van der Waals surface area contributed by atoms with Crippen LogP contribution in [0.2, 0.25) is 0 Å². The molecular formula is C12H6BrF2NO3. The predicted octanol–water partition coefficient (Wildman–Crippen LogP) is 4.43. The smallest absolute Gasteiger partial charge is 0.283 e. The number of benzene rings is 2. The van der Waals surface area contributed by atoms with Crippen molar-refractivity contribution >= 4 is 21.6 Å². The molecule has 4 nitrogen and oxygen atoms in total. The molecule has 7 heteroatoms. The van der Waals surface area contributed by atoms with E-state index in [2.05, 4.69) is 15.9 Å². The summed E-state index contributed by atoms with van der Waals surface area (Å²) in [4.78, 5) is 10.0. The fourth-order valence-electron chi connectivity index (χ4n) is 1.39. The van der Waals surface area contributed by atoms with E-state index >= 15 is 0 Å². The SMILES string of the molecule is O=[N+]([O-])c1ccc(Oc2cccc(F)c2F)cc1Br. The van der Waals surface area contributed by atoms with Crippen LogP contribution >= 0.6 is 15.9 Å². The number of halogens is 3. The van der Waals surface area contributed by atoms with Crippen molar-refractivity contribution in [2.24, 2.45) is 0 Å². The van der Waals surface area contributed by atoms with Crippen LogP contribution in [0, 0.1) is 21.7 Å². The highest BCUT2D eigenvalue weighted by atomic mass is 79.9. The normalized spacial score (nSPS) is 10.3. The molecule has 0 amide bonds. The third-order valence-electron chi connectivity index (χ3n) is 2.26. The summed E-state index contributed by atoms with van der Waals surface area (Å²) in [6.45, 7) is 0. The van der Waals surface area contributed by atoms with Crippen LogP contribution in [0.15, 0.2) is 40.9 Å². The Hall–Kier alpha value is -2.02. The first kappa shape index (κ1) is 13.4. The Bertz CT molecular complexity index is 649. The van der Waals surface area contributed by atoms with Crippen LogP contribution in [-0.2, 0) is 0 Å². The van der Waals surface area contributed by atoms with Gasteiger partial charge in [0.25, 0.3) is 5.69 Å². The molecule has 0 aliphatic rings. The summed E-state index contributed by atoms with van der Waals surface area (Å²) in [5.74, 6) is -2.28. The van der Waals surface area contributed by atoms with Crippen molar-refractivity contribution in [1.82, 2.24) is 0 Å². The molecule has 0 aliphatic heterocycles. The molecule has 98 valence electrons. The number of hydrogen-bond acceptors (Lipinski definition) is 3. The molecule has 0 N–H and O–H groups in total. The second-order valence-electron chi connectivity index (χ2n) is 3.52. The largest absolute Gasteiger partial charge is 0.454 e. The van der Waals surface area contributed by atoms with Gasteiger partial charge in [0, 0.05) is 12.1 Å². The summed E-state index contributed by atoms with van der Waals surface area (Å²) in [5.41, 5.74) is -0.146. The lowest BCUT2D eigenvalue weighted by molar-refractivity contribution is -0.385. The van der Waals surface area contributed by atoms with E-state index in [-0.39, 0.29) is 21.7 Å². The lowest BCUT2D eigenvalue weighted by atomic mass is 10.3.